The van der Waals surface area contributed by atoms with E-state index in [4.69, 9.17) is 0 Å². The van der Waals surface area contributed by atoms with E-state index in [0.29, 0.717) is 12.0 Å². The number of aromatic nitrogens is 4. The lowest BCUT2D eigenvalue weighted by Crippen LogP contribution is -2.31. The average Bonchev–Trinajstić information content (AvgIpc) is 3.20. The van der Waals surface area contributed by atoms with Gasteiger partial charge in [0, 0.05) is 24.9 Å². The van der Waals surface area contributed by atoms with Crippen molar-refractivity contribution in [3.63, 3.8) is 0 Å². The Labute approximate surface area is 153 Å². The fourth-order valence-electron chi connectivity index (χ4n) is 3.97. The van der Waals surface area contributed by atoms with Crippen LogP contribution < -0.4 is 5.32 Å². The van der Waals surface area contributed by atoms with Crippen molar-refractivity contribution in [3.05, 3.63) is 54.1 Å². The number of nitrogens with zero attached hydrogens (tertiary/aromatic N) is 5. The zero-order valence-corrected chi connectivity index (χ0v) is 14.9. The van der Waals surface area contributed by atoms with Crippen LogP contribution in [0.25, 0.3) is 5.65 Å². The topological polar surface area (TPSA) is 58.4 Å². The summed E-state index contributed by atoms with van der Waals surface area (Å²) in [5.41, 5.74) is 2.19. The largest absolute Gasteiger partial charge is 0.365 e. The predicted molar refractivity (Wildman–Crippen MR) is 101 cm³/mol. The summed E-state index contributed by atoms with van der Waals surface area (Å²) in [6, 6.07) is 11.1. The van der Waals surface area contributed by atoms with E-state index >= 15 is 0 Å². The summed E-state index contributed by atoms with van der Waals surface area (Å²) < 4.78 is 2.10. The molecule has 2 fully saturated rings. The smallest absolute Gasteiger partial charge is 0.203 e. The Balaban J connectivity index is 1.40. The second-order valence-corrected chi connectivity index (χ2v) is 7.35. The molecule has 2 aromatic heterocycles. The second-order valence-electron chi connectivity index (χ2n) is 7.35. The predicted octanol–water partition coefficient (Wildman–Crippen LogP) is 3.25. The van der Waals surface area contributed by atoms with E-state index in [-0.39, 0.29) is 0 Å². The Morgan fingerprint density at radius 2 is 1.88 bits per heavy atom. The van der Waals surface area contributed by atoms with E-state index in [1.54, 1.807) is 0 Å². The van der Waals surface area contributed by atoms with Gasteiger partial charge in [0.2, 0.25) is 5.65 Å². The Morgan fingerprint density at radius 3 is 2.65 bits per heavy atom. The van der Waals surface area contributed by atoms with Crippen LogP contribution in [0.15, 0.2) is 42.7 Å². The second kappa shape index (κ2) is 6.68. The van der Waals surface area contributed by atoms with Gasteiger partial charge in [0.15, 0.2) is 5.82 Å². The zero-order chi connectivity index (χ0) is 17.3. The van der Waals surface area contributed by atoms with Gasteiger partial charge in [-0.2, -0.15) is 0 Å². The molecule has 6 heteroatoms. The first-order valence-electron chi connectivity index (χ1n) is 9.62. The highest BCUT2D eigenvalue weighted by Gasteiger charge is 2.29. The molecule has 1 N–H and O–H groups in total. The van der Waals surface area contributed by atoms with E-state index in [9.17, 15) is 0 Å². The standard InChI is InChI=1S/C20H24N6/c1-2-6-15(7-3-1)17(25-11-4-5-12-25)14-22-18-20-24-23-19(16-8-9-16)26(20)13-10-21-18/h1-3,6-7,10,13,16-17H,4-5,8-9,11-12,14H2,(H,21,22). The Bertz CT molecular complexity index is 880. The van der Waals surface area contributed by atoms with Crippen LogP contribution in [0.1, 0.15) is 49.0 Å². The fourth-order valence-corrected chi connectivity index (χ4v) is 3.97. The molecule has 0 radical (unpaired) electrons. The number of anilines is 1. The SMILES string of the molecule is c1ccc(C(CNc2nccn3c(C4CC4)nnc23)N2CCCC2)cc1. The molecule has 1 aromatic carbocycles. The maximum Gasteiger partial charge on any atom is 0.203 e. The van der Waals surface area contributed by atoms with Crippen molar-refractivity contribution in [2.45, 2.75) is 37.6 Å². The summed E-state index contributed by atoms with van der Waals surface area (Å²) in [6.07, 6.45) is 8.83. The Hall–Kier alpha value is -2.47. The molecular formula is C20H24N6. The average molecular weight is 348 g/mol. The number of hydrogen-bond donors (Lipinski definition) is 1. The molecule has 3 heterocycles. The number of fused-ring (bicyclic) bond motifs is 1. The minimum absolute atomic E-state index is 0.353. The van der Waals surface area contributed by atoms with Crippen LogP contribution in [-0.4, -0.2) is 44.1 Å². The summed E-state index contributed by atoms with van der Waals surface area (Å²) in [5, 5.41) is 12.4. The number of nitrogens with one attached hydrogen (secondary N) is 1. The van der Waals surface area contributed by atoms with E-state index in [1.807, 2.05) is 12.4 Å². The quantitative estimate of drug-likeness (QED) is 0.741. The van der Waals surface area contributed by atoms with Crippen molar-refractivity contribution in [2.24, 2.45) is 0 Å². The lowest BCUT2D eigenvalue weighted by Gasteiger charge is -2.28. The lowest BCUT2D eigenvalue weighted by molar-refractivity contribution is 0.256. The van der Waals surface area contributed by atoms with E-state index in [2.05, 4.69) is 60.1 Å². The first-order valence-corrected chi connectivity index (χ1v) is 9.62. The monoisotopic (exact) mass is 348 g/mol. The minimum atomic E-state index is 0.353. The number of hydrogen-bond acceptors (Lipinski definition) is 5. The zero-order valence-electron chi connectivity index (χ0n) is 14.9. The van der Waals surface area contributed by atoms with Gasteiger partial charge < -0.3 is 5.32 Å². The molecule has 1 aliphatic heterocycles. The van der Waals surface area contributed by atoms with Gasteiger partial charge in [-0.3, -0.25) is 9.30 Å². The van der Waals surface area contributed by atoms with E-state index < -0.39 is 0 Å². The van der Waals surface area contributed by atoms with Gasteiger partial charge in [-0.25, -0.2) is 4.98 Å². The molecule has 0 amide bonds. The van der Waals surface area contributed by atoms with Gasteiger partial charge in [0.05, 0.1) is 6.04 Å². The van der Waals surface area contributed by atoms with Crippen molar-refractivity contribution in [3.8, 4) is 0 Å². The number of likely N-dealkylation sites (tertiary alicyclic amines) is 1. The summed E-state index contributed by atoms with van der Waals surface area (Å²) in [7, 11) is 0. The van der Waals surface area contributed by atoms with Gasteiger partial charge in [-0.15, -0.1) is 10.2 Å². The van der Waals surface area contributed by atoms with Crippen LogP contribution in [0.4, 0.5) is 5.82 Å². The van der Waals surface area contributed by atoms with Crippen molar-refractivity contribution >= 4 is 11.5 Å². The normalized spacial score (nSPS) is 19.1. The molecule has 1 saturated heterocycles. The Morgan fingerprint density at radius 1 is 1.08 bits per heavy atom. The first kappa shape index (κ1) is 15.8. The third kappa shape index (κ3) is 2.94. The van der Waals surface area contributed by atoms with Gasteiger partial charge >= 0.3 is 0 Å². The van der Waals surface area contributed by atoms with Crippen molar-refractivity contribution in [1.82, 2.24) is 24.5 Å². The van der Waals surface area contributed by atoms with E-state index in [1.165, 1.54) is 31.2 Å². The van der Waals surface area contributed by atoms with Gasteiger partial charge in [-0.05, 0) is 44.3 Å². The highest BCUT2D eigenvalue weighted by atomic mass is 15.3. The molecule has 6 nitrogen and oxygen atoms in total. The maximum absolute atomic E-state index is 4.54. The molecule has 1 unspecified atom stereocenters. The number of benzene rings is 1. The van der Waals surface area contributed by atoms with E-state index in [0.717, 1.165) is 36.9 Å². The molecule has 1 aliphatic carbocycles. The molecule has 134 valence electrons. The van der Waals surface area contributed by atoms with Crippen molar-refractivity contribution < 1.29 is 0 Å². The summed E-state index contributed by atoms with van der Waals surface area (Å²) in [6.45, 7) is 3.15. The van der Waals surface area contributed by atoms with Crippen molar-refractivity contribution in [2.75, 3.05) is 25.0 Å². The van der Waals surface area contributed by atoms with Crippen LogP contribution in [0.3, 0.4) is 0 Å². The van der Waals surface area contributed by atoms with Gasteiger partial charge in [0.1, 0.15) is 5.82 Å². The molecule has 2 aliphatic rings. The van der Waals surface area contributed by atoms with Crippen molar-refractivity contribution in [1.29, 1.82) is 0 Å². The molecule has 0 bridgehead atoms. The first-order chi connectivity index (χ1) is 12.9. The van der Waals surface area contributed by atoms with Crippen LogP contribution in [0.5, 0.6) is 0 Å². The molecular weight excluding hydrogens is 324 g/mol. The van der Waals surface area contributed by atoms with Gasteiger partial charge in [0.25, 0.3) is 0 Å². The summed E-state index contributed by atoms with van der Waals surface area (Å²) in [4.78, 5) is 7.11. The molecule has 5 rings (SSSR count). The maximum atomic E-state index is 4.54. The molecule has 1 saturated carbocycles. The summed E-state index contributed by atoms with van der Waals surface area (Å²) >= 11 is 0. The van der Waals surface area contributed by atoms with Crippen LogP contribution in [0.2, 0.25) is 0 Å². The minimum Gasteiger partial charge on any atom is -0.365 e. The third-order valence-corrected chi connectivity index (χ3v) is 5.52. The van der Waals surface area contributed by atoms with Crippen LogP contribution in [0, 0.1) is 0 Å². The number of rotatable bonds is 6. The van der Waals surface area contributed by atoms with Gasteiger partial charge in [-0.1, -0.05) is 30.3 Å². The molecule has 1 atom stereocenters. The Kier molecular flexibility index (Phi) is 4.05. The van der Waals surface area contributed by atoms with Crippen LogP contribution in [-0.2, 0) is 0 Å². The molecule has 0 spiro atoms. The highest BCUT2D eigenvalue weighted by molar-refractivity contribution is 5.62. The third-order valence-electron chi connectivity index (χ3n) is 5.52. The summed E-state index contributed by atoms with van der Waals surface area (Å²) in [5.74, 6) is 2.47. The molecule has 26 heavy (non-hydrogen) atoms. The highest BCUT2D eigenvalue weighted by Crippen LogP contribution is 2.39. The molecule has 3 aromatic rings. The fraction of sp³-hybridized carbons (Fsp3) is 0.450. The van der Waals surface area contributed by atoms with Crippen LogP contribution >= 0.6 is 0 Å². The lowest BCUT2D eigenvalue weighted by atomic mass is 10.1.